The van der Waals surface area contributed by atoms with Gasteiger partial charge >= 0.3 is 5.97 Å². The summed E-state index contributed by atoms with van der Waals surface area (Å²) < 4.78 is 9.86. The number of amides is 1. The second kappa shape index (κ2) is 6.54. The molecule has 6 heteroatoms. The average Bonchev–Trinajstić information content (AvgIpc) is 2.76. The maximum Gasteiger partial charge on any atom is 0.325 e. The first kappa shape index (κ1) is 16.2. The van der Waals surface area contributed by atoms with Crippen LogP contribution in [0, 0.1) is 6.92 Å². The van der Waals surface area contributed by atoms with E-state index < -0.39 is 5.97 Å². The van der Waals surface area contributed by atoms with Crippen molar-refractivity contribution >= 4 is 11.9 Å². The molecule has 1 heterocycles. The Morgan fingerprint density at radius 3 is 2.35 bits per heavy atom. The van der Waals surface area contributed by atoms with E-state index in [0.717, 1.165) is 0 Å². The summed E-state index contributed by atoms with van der Waals surface area (Å²) in [4.78, 5) is 25.6. The Labute approximate surface area is 119 Å². The molecule has 0 bridgehead atoms. The van der Waals surface area contributed by atoms with Crippen molar-refractivity contribution in [1.82, 2.24) is 10.1 Å². The summed E-state index contributed by atoms with van der Waals surface area (Å²) in [5, 5.41) is 3.86. The van der Waals surface area contributed by atoms with Crippen molar-refractivity contribution < 1.29 is 18.8 Å². The van der Waals surface area contributed by atoms with Crippen LogP contribution in [0.25, 0.3) is 0 Å². The van der Waals surface area contributed by atoms with Crippen LogP contribution in [0.3, 0.4) is 0 Å². The second-order valence-corrected chi connectivity index (χ2v) is 5.26. The molecular weight excluding hydrogens is 260 g/mol. The van der Waals surface area contributed by atoms with Gasteiger partial charge in [0.25, 0.3) is 5.91 Å². The summed E-state index contributed by atoms with van der Waals surface area (Å²) >= 11 is 0. The predicted molar refractivity (Wildman–Crippen MR) is 73.5 cm³/mol. The lowest BCUT2D eigenvalue weighted by Crippen LogP contribution is -2.41. The van der Waals surface area contributed by atoms with E-state index in [-0.39, 0.29) is 24.4 Å². The van der Waals surface area contributed by atoms with Crippen molar-refractivity contribution in [3.63, 3.8) is 0 Å². The van der Waals surface area contributed by atoms with Crippen molar-refractivity contribution in [1.29, 1.82) is 0 Å². The number of aryl methyl sites for hydroxylation is 1. The fourth-order valence-corrected chi connectivity index (χ4v) is 1.88. The summed E-state index contributed by atoms with van der Waals surface area (Å²) in [5.74, 6) is -0.120. The van der Waals surface area contributed by atoms with E-state index in [0.29, 0.717) is 17.0 Å². The van der Waals surface area contributed by atoms with E-state index in [4.69, 9.17) is 4.52 Å². The molecule has 1 aromatic rings. The molecule has 0 fully saturated rings. The zero-order valence-corrected chi connectivity index (χ0v) is 12.9. The Morgan fingerprint density at radius 2 is 1.90 bits per heavy atom. The zero-order valence-electron chi connectivity index (χ0n) is 12.9. The van der Waals surface area contributed by atoms with Crippen molar-refractivity contribution in [3.05, 3.63) is 17.0 Å². The molecule has 0 saturated heterocycles. The molecule has 0 N–H and O–H groups in total. The van der Waals surface area contributed by atoms with E-state index in [1.165, 1.54) is 12.0 Å². The third kappa shape index (κ3) is 3.37. The molecule has 0 aliphatic carbocycles. The van der Waals surface area contributed by atoms with Crippen LogP contribution in [0.2, 0.25) is 0 Å². The first-order chi connectivity index (χ1) is 9.29. The highest BCUT2D eigenvalue weighted by Crippen LogP contribution is 2.24. The lowest BCUT2D eigenvalue weighted by Gasteiger charge is -2.25. The molecule has 0 atom stereocenters. The molecule has 0 aliphatic heterocycles. The van der Waals surface area contributed by atoms with Gasteiger partial charge in [-0.1, -0.05) is 19.0 Å². The van der Waals surface area contributed by atoms with Crippen LogP contribution in [0.5, 0.6) is 0 Å². The largest absolute Gasteiger partial charge is 0.468 e. The highest BCUT2D eigenvalue weighted by atomic mass is 16.5. The van der Waals surface area contributed by atoms with Crippen molar-refractivity contribution in [2.75, 3.05) is 13.7 Å². The molecule has 1 rings (SSSR count). The van der Waals surface area contributed by atoms with Gasteiger partial charge in [-0.3, -0.25) is 9.59 Å². The van der Waals surface area contributed by atoms with Gasteiger partial charge in [0.15, 0.2) is 5.76 Å². The molecule has 112 valence electrons. The Bertz CT molecular complexity index is 491. The van der Waals surface area contributed by atoms with E-state index in [2.05, 4.69) is 9.89 Å². The number of esters is 1. The normalized spacial score (nSPS) is 11.0. The predicted octanol–water partition coefficient (Wildman–Crippen LogP) is 2.13. The molecule has 20 heavy (non-hydrogen) atoms. The van der Waals surface area contributed by atoms with Crippen molar-refractivity contribution in [2.24, 2.45) is 0 Å². The summed E-state index contributed by atoms with van der Waals surface area (Å²) in [5.41, 5.74) is 0.979. The van der Waals surface area contributed by atoms with Crippen LogP contribution >= 0.6 is 0 Å². The number of methoxy groups -OCH3 is 1. The van der Waals surface area contributed by atoms with E-state index in [1.807, 2.05) is 27.7 Å². The molecule has 1 amide bonds. The number of nitrogens with zero attached hydrogens (tertiary/aromatic N) is 2. The molecule has 0 aromatic carbocycles. The monoisotopic (exact) mass is 282 g/mol. The Balaban J connectivity index is 3.13. The fraction of sp³-hybridized carbons (Fsp3) is 0.643. The van der Waals surface area contributed by atoms with Crippen molar-refractivity contribution in [3.8, 4) is 0 Å². The summed E-state index contributed by atoms with van der Waals surface area (Å²) in [7, 11) is 1.30. The molecule has 0 spiro atoms. The van der Waals surface area contributed by atoms with Crippen molar-refractivity contribution in [2.45, 2.75) is 46.6 Å². The summed E-state index contributed by atoms with van der Waals surface area (Å²) in [6, 6.07) is -0.129. The van der Waals surface area contributed by atoms with Gasteiger partial charge in [-0.15, -0.1) is 0 Å². The first-order valence-corrected chi connectivity index (χ1v) is 6.63. The molecule has 1 aromatic heterocycles. The number of ether oxygens (including phenoxy) is 1. The van der Waals surface area contributed by atoms with E-state index >= 15 is 0 Å². The topological polar surface area (TPSA) is 72.6 Å². The molecule has 6 nitrogen and oxygen atoms in total. The van der Waals surface area contributed by atoms with Gasteiger partial charge < -0.3 is 14.2 Å². The number of aromatic nitrogens is 1. The third-order valence-corrected chi connectivity index (χ3v) is 3.04. The van der Waals surface area contributed by atoms with Crippen LogP contribution in [-0.4, -0.2) is 41.6 Å². The SMILES string of the molecule is COC(=O)CN(C(=O)c1c(C)noc1C(C)C)C(C)C. The van der Waals surface area contributed by atoms with E-state index in [9.17, 15) is 9.59 Å². The van der Waals surface area contributed by atoms with Crippen LogP contribution in [0.15, 0.2) is 4.52 Å². The maximum absolute atomic E-state index is 12.7. The molecule has 0 radical (unpaired) electrons. The van der Waals surface area contributed by atoms with Crippen LogP contribution in [0.1, 0.15) is 55.4 Å². The van der Waals surface area contributed by atoms with Gasteiger partial charge in [-0.05, 0) is 20.8 Å². The summed E-state index contributed by atoms with van der Waals surface area (Å²) in [6.45, 7) is 9.18. The average molecular weight is 282 g/mol. The Kier molecular flexibility index (Phi) is 5.30. The van der Waals surface area contributed by atoms with Crippen LogP contribution in [0.4, 0.5) is 0 Å². The number of hydrogen-bond acceptors (Lipinski definition) is 5. The number of rotatable bonds is 5. The second-order valence-electron chi connectivity index (χ2n) is 5.26. The van der Waals surface area contributed by atoms with Gasteiger partial charge in [0, 0.05) is 12.0 Å². The smallest absolute Gasteiger partial charge is 0.325 e. The van der Waals surface area contributed by atoms with Crippen LogP contribution < -0.4 is 0 Å². The zero-order chi connectivity index (χ0) is 15.4. The van der Waals surface area contributed by atoms with Gasteiger partial charge in [-0.2, -0.15) is 0 Å². The fourth-order valence-electron chi connectivity index (χ4n) is 1.88. The quantitative estimate of drug-likeness (QED) is 0.773. The molecule has 0 unspecified atom stereocenters. The molecule has 0 saturated carbocycles. The molecular formula is C14H22N2O4. The lowest BCUT2D eigenvalue weighted by atomic mass is 10.0. The summed E-state index contributed by atoms with van der Waals surface area (Å²) in [6.07, 6.45) is 0. The lowest BCUT2D eigenvalue weighted by molar-refractivity contribution is -0.141. The minimum Gasteiger partial charge on any atom is -0.468 e. The minimum absolute atomic E-state index is 0.0438. The Morgan fingerprint density at radius 1 is 1.30 bits per heavy atom. The first-order valence-electron chi connectivity index (χ1n) is 6.63. The minimum atomic E-state index is -0.452. The highest BCUT2D eigenvalue weighted by Gasteiger charge is 2.29. The number of carbonyl (C=O) groups excluding carboxylic acids is 2. The van der Waals surface area contributed by atoms with E-state index in [1.54, 1.807) is 6.92 Å². The van der Waals surface area contributed by atoms with Gasteiger partial charge in [-0.25, -0.2) is 0 Å². The van der Waals surface area contributed by atoms with Gasteiger partial charge in [0.2, 0.25) is 0 Å². The Hall–Kier alpha value is -1.85. The number of hydrogen-bond donors (Lipinski definition) is 0. The highest BCUT2D eigenvalue weighted by molar-refractivity contribution is 5.98. The third-order valence-electron chi connectivity index (χ3n) is 3.04. The standard InChI is InChI=1S/C14H22N2O4/c1-8(2)13-12(10(5)15-20-13)14(18)16(9(3)4)7-11(17)19-6/h8-9H,7H2,1-6H3. The maximum atomic E-state index is 12.7. The van der Waals surface area contributed by atoms with Crippen LogP contribution in [-0.2, 0) is 9.53 Å². The van der Waals surface area contributed by atoms with Gasteiger partial charge in [0.1, 0.15) is 12.1 Å². The molecule has 0 aliphatic rings. The number of carbonyl (C=O) groups is 2. The van der Waals surface area contributed by atoms with Gasteiger partial charge in [0.05, 0.1) is 12.8 Å².